The Bertz CT molecular complexity index is 789. The Hall–Kier alpha value is -1.11. The van der Waals surface area contributed by atoms with Gasteiger partial charge in [-0.15, -0.1) is 0 Å². The van der Waals surface area contributed by atoms with E-state index in [0.29, 0.717) is 18.3 Å². The van der Waals surface area contributed by atoms with Gasteiger partial charge >= 0.3 is 0 Å². The largest absolute Gasteiger partial charge is 0.392 e. The lowest BCUT2D eigenvalue weighted by atomic mass is 9.88. The molecule has 1 aromatic rings. The van der Waals surface area contributed by atoms with Gasteiger partial charge in [-0.2, -0.15) is 11.8 Å². The smallest absolute Gasteiger partial charge is 0.0761 e. The molecule has 5 atom stereocenters. The van der Waals surface area contributed by atoms with Crippen LogP contribution in [-0.4, -0.2) is 71.7 Å². The van der Waals surface area contributed by atoms with Crippen molar-refractivity contribution in [3.05, 3.63) is 59.2 Å². The first kappa shape index (κ1) is 24.0. The second-order valence-corrected chi connectivity index (χ2v) is 10.9. The van der Waals surface area contributed by atoms with Crippen molar-refractivity contribution < 1.29 is 14.9 Å². The van der Waals surface area contributed by atoms with E-state index < -0.39 is 6.10 Å². The van der Waals surface area contributed by atoms with Crippen LogP contribution in [0.3, 0.4) is 0 Å². The molecule has 4 rings (SSSR count). The SMILES string of the molecule is Cc1cccc(C[C@H](O)/C=C/[C@@H]2[C@H]3CC(CCSCCN4CCOCC4)=C[C@H]3C[C@H]2O)c1. The minimum absolute atomic E-state index is 0.162. The van der Waals surface area contributed by atoms with Gasteiger partial charge in [-0.25, -0.2) is 0 Å². The third-order valence-corrected chi connectivity index (χ3v) is 8.22. The summed E-state index contributed by atoms with van der Waals surface area (Å²) < 4.78 is 5.42. The van der Waals surface area contributed by atoms with Crippen molar-refractivity contribution in [3.63, 3.8) is 0 Å². The molecule has 0 aromatic heterocycles. The molecule has 0 spiro atoms. The third-order valence-electron chi connectivity index (χ3n) is 7.26. The van der Waals surface area contributed by atoms with Crippen LogP contribution in [0.1, 0.15) is 30.4 Å². The van der Waals surface area contributed by atoms with Crippen molar-refractivity contribution in [2.75, 3.05) is 44.4 Å². The van der Waals surface area contributed by atoms with Gasteiger partial charge in [-0.1, -0.05) is 53.6 Å². The molecule has 0 unspecified atom stereocenters. The zero-order valence-electron chi connectivity index (χ0n) is 19.4. The highest BCUT2D eigenvalue weighted by Gasteiger charge is 2.43. The summed E-state index contributed by atoms with van der Waals surface area (Å²) in [6, 6.07) is 8.31. The van der Waals surface area contributed by atoms with Crippen LogP contribution in [0.2, 0.25) is 0 Å². The van der Waals surface area contributed by atoms with Gasteiger partial charge < -0.3 is 14.9 Å². The number of allylic oxidation sites excluding steroid dienone is 2. The van der Waals surface area contributed by atoms with E-state index in [4.69, 9.17) is 4.74 Å². The van der Waals surface area contributed by atoms with Crippen LogP contribution >= 0.6 is 11.8 Å². The molecule has 2 aliphatic carbocycles. The fourth-order valence-corrected chi connectivity index (χ4v) is 6.52. The van der Waals surface area contributed by atoms with E-state index in [1.165, 1.54) is 30.0 Å². The summed E-state index contributed by atoms with van der Waals surface area (Å²) in [5, 5.41) is 21.1. The summed E-state index contributed by atoms with van der Waals surface area (Å²) in [6.07, 6.45) is 9.45. The Morgan fingerprint density at radius 3 is 2.91 bits per heavy atom. The van der Waals surface area contributed by atoms with Crippen molar-refractivity contribution in [2.45, 2.75) is 44.8 Å². The van der Waals surface area contributed by atoms with Gasteiger partial charge in [0.1, 0.15) is 0 Å². The van der Waals surface area contributed by atoms with Gasteiger partial charge in [0.15, 0.2) is 0 Å². The summed E-state index contributed by atoms with van der Waals surface area (Å²) >= 11 is 2.06. The number of morpholine rings is 1. The molecule has 1 aliphatic heterocycles. The molecule has 1 aromatic carbocycles. The second kappa shape index (κ2) is 11.8. The predicted octanol–water partition coefficient (Wildman–Crippen LogP) is 3.85. The van der Waals surface area contributed by atoms with Crippen molar-refractivity contribution in [2.24, 2.45) is 17.8 Å². The number of hydrogen-bond acceptors (Lipinski definition) is 5. The summed E-state index contributed by atoms with van der Waals surface area (Å²) in [5.41, 5.74) is 3.95. The molecule has 4 nitrogen and oxygen atoms in total. The van der Waals surface area contributed by atoms with Crippen molar-refractivity contribution >= 4 is 11.8 Å². The maximum Gasteiger partial charge on any atom is 0.0761 e. The fourth-order valence-electron chi connectivity index (χ4n) is 5.52. The molecule has 0 amide bonds. The molecule has 0 bridgehead atoms. The second-order valence-electron chi connectivity index (χ2n) is 9.70. The molecular weight excluding hydrogens is 418 g/mol. The topological polar surface area (TPSA) is 52.9 Å². The molecule has 1 heterocycles. The van der Waals surface area contributed by atoms with Gasteiger partial charge in [0.2, 0.25) is 0 Å². The Labute approximate surface area is 197 Å². The third kappa shape index (κ3) is 6.71. The lowest BCUT2D eigenvalue weighted by Crippen LogP contribution is -2.37. The van der Waals surface area contributed by atoms with Crippen molar-refractivity contribution in [1.82, 2.24) is 4.90 Å². The van der Waals surface area contributed by atoms with Crippen LogP contribution in [0.4, 0.5) is 0 Å². The predicted molar refractivity (Wildman–Crippen MR) is 133 cm³/mol. The molecule has 1 saturated carbocycles. The Kier molecular flexibility index (Phi) is 8.90. The monoisotopic (exact) mass is 457 g/mol. The zero-order valence-corrected chi connectivity index (χ0v) is 20.2. The van der Waals surface area contributed by atoms with Crippen LogP contribution in [0.5, 0.6) is 0 Å². The Morgan fingerprint density at radius 1 is 1.25 bits per heavy atom. The van der Waals surface area contributed by atoms with Crippen molar-refractivity contribution in [3.8, 4) is 0 Å². The standard InChI is InChI=1S/C27H39NO3S/c1-20-3-2-4-21(15-20)17-24(29)5-6-25-26-18-22(16-23(26)19-27(25)30)7-13-32-14-10-28-8-11-31-12-9-28/h2-6,15-16,23-27,29-30H,7-14,17-19H2,1H3/b6-5+/t23-,24+,25+,26-,27+/m0/s1. The van der Waals surface area contributed by atoms with E-state index >= 15 is 0 Å². The summed E-state index contributed by atoms with van der Waals surface area (Å²) in [4.78, 5) is 2.50. The van der Waals surface area contributed by atoms with Crippen LogP contribution in [0, 0.1) is 24.7 Å². The zero-order chi connectivity index (χ0) is 22.3. The normalized spacial score (nSPS) is 29.4. The highest BCUT2D eigenvalue weighted by Crippen LogP contribution is 2.48. The van der Waals surface area contributed by atoms with Crippen molar-refractivity contribution in [1.29, 1.82) is 0 Å². The van der Waals surface area contributed by atoms with E-state index in [1.54, 1.807) is 5.57 Å². The number of aryl methyl sites for hydroxylation is 1. The molecule has 1 saturated heterocycles. The minimum Gasteiger partial charge on any atom is -0.392 e. The van der Waals surface area contributed by atoms with Crippen LogP contribution in [-0.2, 0) is 11.2 Å². The number of rotatable bonds is 10. The molecule has 2 fully saturated rings. The molecule has 0 radical (unpaired) electrons. The average molecular weight is 458 g/mol. The molecule has 3 aliphatic rings. The number of benzene rings is 1. The van der Waals surface area contributed by atoms with Crippen LogP contribution in [0.25, 0.3) is 0 Å². The van der Waals surface area contributed by atoms with E-state index in [2.05, 4.69) is 53.9 Å². The maximum absolute atomic E-state index is 10.6. The lowest BCUT2D eigenvalue weighted by molar-refractivity contribution is 0.0410. The summed E-state index contributed by atoms with van der Waals surface area (Å²) in [7, 11) is 0. The first-order valence-corrected chi connectivity index (χ1v) is 13.4. The number of aliphatic hydroxyl groups excluding tert-OH is 2. The molecule has 176 valence electrons. The van der Waals surface area contributed by atoms with Crippen LogP contribution < -0.4 is 0 Å². The number of hydrogen-bond donors (Lipinski definition) is 2. The lowest BCUT2D eigenvalue weighted by Gasteiger charge is -2.26. The molecule has 32 heavy (non-hydrogen) atoms. The fraction of sp³-hybridized carbons (Fsp3) is 0.630. The first-order chi connectivity index (χ1) is 15.6. The van der Waals surface area contributed by atoms with Gasteiger partial charge in [-0.05, 0) is 49.3 Å². The number of fused-ring (bicyclic) bond motifs is 1. The molecular formula is C27H39NO3S. The Balaban J connectivity index is 1.19. The van der Waals surface area contributed by atoms with E-state index in [1.807, 2.05) is 12.1 Å². The van der Waals surface area contributed by atoms with E-state index in [0.717, 1.165) is 44.7 Å². The quantitative estimate of drug-likeness (QED) is 0.413. The molecule has 2 N–H and O–H groups in total. The number of thioether (sulfide) groups is 1. The van der Waals surface area contributed by atoms with Gasteiger partial charge in [0, 0.05) is 37.7 Å². The van der Waals surface area contributed by atoms with Crippen LogP contribution in [0.15, 0.2) is 48.1 Å². The highest BCUT2D eigenvalue weighted by atomic mass is 32.2. The number of nitrogens with zero attached hydrogens (tertiary/aromatic N) is 1. The van der Waals surface area contributed by atoms with Gasteiger partial charge in [-0.3, -0.25) is 4.90 Å². The van der Waals surface area contributed by atoms with Gasteiger partial charge in [0.25, 0.3) is 0 Å². The Morgan fingerprint density at radius 2 is 2.09 bits per heavy atom. The van der Waals surface area contributed by atoms with E-state index in [9.17, 15) is 10.2 Å². The summed E-state index contributed by atoms with van der Waals surface area (Å²) in [6.45, 7) is 7.16. The number of ether oxygens (including phenoxy) is 1. The average Bonchev–Trinajstić information content (AvgIpc) is 3.29. The first-order valence-electron chi connectivity index (χ1n) is 12.3. The highest BCUT2D eigenvalue weighted by molar-refractivity contribution is 7.99. The maximum atomic E-state index is 10.6. The van der Waals surface area contributed by atoms with Gasteiger partial charge in [0.05, 0.1) is 25.4 Å². The minimum atomic E-state index is -0.500. The van der Waals surface area contributed by atoms with E-state index in [-0.39, 0.29) is 12.0 Å². The molecule has 5 heteroatoms. The number of aliphatic hydroxyl groups is 2. The summed E-state index contributed by atoms with van der Waals surface area (Å²) in [5.74, 6) is 3.55.